The van der Waals surface area contributed by atoms with Crippen molar-refractivity contribution in [3.63, 3.8) is 0 Å². The second-order valence-corrected chi connectivity index (χ2v) is 5.30. The molecule has 0 saturated heterocycles. The van der Waals surface area contributed by atoms with Gasteiger partial charge in [0, 0.05) is 3.57 Å². The number of nitrogens with zero attached hydrogens (tertiary/aromatic N) is 1. The average Bonchev–Trinajstić information content (AvgIpc) is 2.60. The van der Waals surface area contributed by atoms with E-state index in [1.54, 1.807) is 11.3 Å². The van der Waals surface area contributed by atoms with Crippen LogP contribution >= 0.6 is 45.5 Å². The molecule has 0 fully saturated rings. The third-order valence-electron chi connectivity index (χ3n) is 2.00. The van der Waals surface area contributed by atoms with E-state index in [4.69, 9.17) is 16.9 Å². The first kappa shape index (κ1) is 10.2. The molecular weight excluding hydrogens is 329 g/mol. The van der Waals surface area contributed by atoms with Crippen LogP contribution in [0.4, 0.5) is 0 Å². The van der Waals surface area contributed by atoms with Crippen molar-refractivity contribution in [3.8, 4) is 6.07 Å². The van der Waals surface area contributed by atoms with Crippen molar-refractivity contribution in [1.29, 1.82) is 5.26 Å². The molecule has 1 nitrogen and oxygen atoms in total. The van der Waals surface area contributed by atoms with Crippen LogP contribution in [0.5, 0.6) is 0 Å². The number of hydrogen-bond acceptors (Lipinski definition) is 2. The number of benzene rings is 1. The smallest absolute Gasteiger partial charge is 0.0670 e. The molecule has 14 heavy (non-hydrogen) atoms. The van der Waals surface area contributed by atoms with Crippen molar-refractivity contribution in [2.45, 2.75) is 6.42 Å². The lowest BCUT2D eigenvalue weighted by Crippen LogP contribution is -1.88. The highest BCUT2D eigenvalue weighted by Gasteiger charge is 2.09. The van der Waals surface area contributed by atoms with E-state index >= 15 is 0 Å². The summed E-state index contributed by atoms with van der Waals surface area (Å²) in [4.78, 5) is 0. The fraction of sp³-hybridized carbons (Fsp3) is 0.100. The Morgan fingerprint density at radius 1 is 1.57 bits per heavy atom. The zero-order valence-electron chi connectivity index (χ0n) is 7.05. The largest absolute Gasteiger partial charge is 0.198 e. The van der Waals surface area contributed by atoms with Gasteiger partial charge in [0.2, 0.25) is 0 Å². The molecule has 0 atom stereocenters. The summed E-state index contributed by atoms with van der Waals surface area (Å²) in [6.07, 6.45) is 0.447. The summed E-state index contributed by atoms with van der Waals surface area (Å²) < 4.78 is 2.15. The van der Waals surface area contributed by atoms with Crippen molar-refractivity contribution >= 4 is 55.6 Å². The number of hydrogen-bond donors (Lipinski definition) is 0. The molecule has 0 saturated carbocycles. The van der Waals surface area contributed by atoms with Crippen LogP contribution in [0.15, 0.2) is 17.5 Å². The molecule has 2 aromatic rings. The maximum Gasteiger partial charge on any atom is 0.0670 e. The summed E-state index contributed by atoms with van der Waals surface area (Å²) in [7, 11) is 0. The monoisotopic (exact) mass is 333 g/mol. The Balaban J connectivity index is 2.81. The summed E-state index contributed by atoms with van der Waals surface area (Å²) in [5.41, 5.74) is 1.09. The van der Waals surface area contributed by atoms with E-state index in [0.717, 1.165) is 24.2 Å². The maximum atomic E-state index is 8.73. The predicted molar refractivity (Wildman–Crippen MR) is 68.9 cm³/mol. The Morgan fingerprint density at radius 2 is 2.36 bits per heavy atom. The molecule has 0 N–H and O–H groups in total. The summed E-state index contributed by atoms with van der Waals surface area (Å²) in [6.45, 7) is 0. The van der Waals surface area contributed by atoms with Crippen LogP contribution in [0.3, 0.4) is 0 Å². The Labute approximate surface area is 104 Å². The van der Waals surface area contributed by atoms with Gasteiger partial charge < -0.3 is 0 Å². The number of thiophene rings is 1. The lowest BCUT2D eigenvalue weighted by Gasteiger charge is -2.03. The number of rotatable bonds is 1. The van der Waals surface area contributed by atoms with Crippen LogP contribution in [0.2, 0.25) is 5.02 Å². The minimum Gasteiger partial charge on any atom is -0.198 e. The minimum absolute atomic E-state index is 0.447. The quantitative estimate of drug-likeness (QED) is 0.717. The molecule has 0 aliphatic heterocycles. The molecule has 2 rings (SSSR count). The van der Waals surface area contributed by atoms with E-state index < -0.39 is 0 Å². The topological polar surface area (TPSA) is 23.8 Å². The highest BCUT2D eigenvalue weighted by molar-refractivity contribution is 14.1. The van der Waals surface area contributed by atoms with Gasteiger partial charge in [-0.1, -0.05) is 11.6 Å². The van der Waals surface area contributed by atoms with E-state index in [9.17, 15) is 0 Å². The van der Waals surface area contributed by atoms with Crippen LogP contribution in [-0.2, 0) is 6.42 Å². The van der Waals surface area contributed by atoms with Gasteiger partial charge in [-0.25, -0.2) is 0 Å². The van der Waals surface area contributed by atoms with Gasteiger partial charge in [-0.15, -0.1) is 11.3 Å². The SMILES string of the molecule is N#CCc1c(I)cc(Cl)c2sccc12. The predicted octanol–water partition coefficient (Wildman–Crippen LogP) is 4.23. The van der Waals surface area contributed by atoms with Crippen LogP contribution in [0.1, 0.15) is 5.56 Å². The normalized spacial score (nSPS) is 10.4. The number of fused-ring (bicyclic) bond motifs is 1. The van der Waals surface area contributed by atoms with Gasteiger partial charge in [-0.2, -0.15) is 5.26 Å². The third kappa shape index (κ3) is 1.62. The van der Waals surface area contributed by atoms with Crippen molar-refractivity contribution in [2.24, 2.45) is 0 Å². The summed E-state index contributed by atoms with van der Waals surface area (Å²) in [5.74, 6) is 0. The van der Waals surface area contributed by atoms with E-state index in [1.165, 1.54) is 0 Å². The van der Waals surface area contributed by atoms with E-state index in [-0.39, 0.29) is 0 Å². The molecule has 0 aliphatic carbocycles. The fourth-order valence-electron chi connectivity index (χ4n) is 1.38. The first-order valence-electron chi connectivity index (χ1n) is 3.95. The first-order valence-corrected chi connectivity index (χ1v) is 6.28. The highest BCUT2D eigenvalue weighted by Crippen LogP contribution is 2.34. The van der Waals surface area contributed by atoms with Crippen LogP contribution < -0.4 is 0 Å². The summed E-state index contributed by atoms with van der Waals surface area (Å²) >= 11 is 9.94. The Kier molecular flexibility index (Phi) is 2.96. The summed E-state index contributed by atoms with van der Waals surface area (Å²) in [6, 6.07) is 6.14. The third-order valence-corrected chi connectivity index (χ3v) is 4.33. The fourth-order valence-corrected chi connectivity index (χ4v) is 3.53. The molecule has 0 unspecified atom stereocenters. The van der Waals surface area contributed by atoms with Gasteiger partial charge in [0.15, 0.2) is 0 Å². The van der Waals surface area contributed by atoms with Crippen molar-refractivity contribution < 1.29 is 0 Å². The van der Waals surface area contributed by atoms with Gasteiger partial charge in [0.25, 0.3) is 0 Å². The molecule has 0 bridgehead atoms. The Hall–Kier alpha value is -0.310. The zero-order valence-corrected chi connectivity index (χ0v) is 10.8. The van der Waals surface area contributed by atoms with Gasteiger partial charge in [-0.05, 0) is 51.1 Å². The molecule has 1 aromatic carbocycles. The summed E-state index contributed by atoms with van der Waals surface area (Å²) in [5, 5.41) is 12.6. The van der Waals surface area contributed by atoms with Crippen LogP contribution in [0.25, 0.3) is 10.1 Å². The van der Waals surface area contributed by atoms with E-state index in [1.807, 2.05) is 17.5 Å². The number of halogens is 2. The van der Waals surface area contributed by atoms with E-state index in [2.05, 4.69) is 28.7 Å². The van der Waals surface area contributed by atoms with Crippen molar-refractivity contribution in [2.75, 3.05) is 0 Å². The molecule has 0 amide bonds. The average molecular weight is 334 g/mol. The van der Waals surface area contributed by atoms with Crippen LogP contribution in [-0.4, -0.2) is 0 Å². The van der Waals surface area contributed by atoms with Gasteiger partial charge >= 0.3 is 0 Å². The maximum absolute atomic E-state index is 8.73. The number of nitriles is 1. The van der Waals surface area contributed by atoms with Gasteiger partial charge in [0.1, 0.15) is 0 Å². The second kappa shape index (κ2) is 4.05. The Bertz CT molecular complexity index is 527. The molecule has 0 spiro atoms. The Morgan fingerprint density at radius 3 is 3.07 bits per heavy atom. The lowest BCUT2D eigenvalue weighted by molar-refractivity contribution is 1.27. The van der Waals surface area contributed by atoms with Crippen molar-refractivity contribution in [3.05, 3.63) is 31.7 Å². The standard InChI is InChI=1S/C10H5ClINS/c11-8-5-9(12)6(1-3-13)7-2-4-14-10(7)8/h2,4-5H,1H2. The van der Waals surface area contributed by atoms with Crippen LogP contribution in [0, 0.1) is 14.9 Å². The molecule has 70 valence electrons. The molecular formula is C10H5ClINS. The zero-order chi connectivity index (χ0) is 10.1. The molecule has 1 aromatic heterocycles. The van der Waals surface area contributed by atoms with Crippen molar-refractivity contribution in [1.82, 2.24) is 0 Å². The minimum atomic E-state index is 0.447. The first-order chi connectivity index (χ1) is 6.74. The second-order valence-electron chi connectivity index (χ2n) is 2.82. The lowest BCUT2D eigenvalue weighted by atomic mass is 10.1. The highest BCUT2D eigenvalue weighted by atomic mass is 127. The van der Waals surface area contributed by atoms with E-state index in [0.29, 0.717) is 6.42 Å². The van der Waals surface area contributed by atoms with Gasteiger partial charge in [-0.3, -0.25) is 0 Å². The van der Waals surface area contributed by atoms with Gasteiger partial charge in [0.05, 0.1) is 22.2 Å². The molecule has 1 heterocycles. The molecule has 0 radical (unpaired) electrons. The molecule has 0 aliphatic rings. The molecule has 4 heteroatoms.